The molecule has 2 aromatic rings. The molecule has 1 aromatic heterocycles. The molecule has 1 aliphatic rings. The van der Waals surface area contributed by atoms with Crippen LogP contribution in [0.2, 0.25) is 0 Å². The number of amides is 1. The number of benzene rings is 1. The van der Waals surface area contributed by atoms with Crippen LogP contribution >= 0.6 is 0 Å². The predicted molar refractivity (Wildman–Crippen MR) is 89.3 cm³/mol. The van der Waals surface area contributed by atoms with Gasteiger partial charge in [-0.15, -0.1) is 0 Å². The van der Waals surface area contributed by atoms with E-state index in [2.05, 4.69) is 12.1 Å². The molecule has 0 bridgehead atoms. The molecule has 0 saturated carbocycles. The monoisotopic (exact) mass is 330 g/mol. The normalized spacial score (nSPS) is 17.6. The average Bonchev–Trinajstić information content (AvgIpc) is 3.10. The lowest BCUT2D eigenvalue weighted by molar-refractivity contribution is 0.0672. The molecule has 1 aromatic carbocycles. The number of nitrogens with zero attached hydrogens (tertiary/aromatic N) is 2. The van der Waals surface area contributed by atoms with Gasteiger partial charge < -0.3 is 18.9 Å². The third kappa shape index (κ3) is 3.22. The number of hydrogen-bond acceptors (Lipinski definition) is 5. The van der Waals surface area contributed by atoms with Crippen molar-refractivity contribution in [3.8, 4) is 22.8 Å². The Hall–Kier alpha value is -2.50. The van der Waals surface area contributed by atoms with Crippen molar-refractivity contribution >= 4 is 5.91 Å². The van der Waals surface area contributed by atoms with Gasteiger partial charge in [0.1, 0.15) is 11.5 Å². The lowest BCUT2D eigenvalue weighted by atomic mass is 10.00. The largest absolute Gasteiger partial charge is 0.497 e. The highest BCUT2D eigenvalue weighted by molar-refractivity contribution is 5.93. The van der Waals surface area contributed by atoms with Crippen molar-refractivity contribution < 1.29 is 18.8 Å². The van der Waals surface area contributed by atoms with Crippen LogP contribution < -0.4 is 9.47 Å². The summed E-state index contributed by atoms with van der Waals surface area (Å²) in [5, 5.41) is 3.96. The van der Waals surface area contributed by atoms with E-state index in [-0.39, 0.29) is 5.91 Å². The molecule has 1 fully saturated rings. The maximum atomic E-state index is 12.6. The molecular formula is C18H22N2O4. The molecule has 128 valence electrons. The highest BCUT2D eigenvalue weighted by Crippen LogP contribution is 2.34. The smallest absolute Gasteiger partial charge is 0.276 e. The molecule has 0 aliphatic carbocycles. The van der Waals surface area contributed by atoms with Gasteiger partial charge in [-0.25, -0.2) is 0 Å². The highest BCUT2D eigenvalue weighted by atomic mass is 16.5. The molecule has 3 rings (SSSR count). The standard InChI is InChI=1S/C18H22N2O4/c1-12-5-4-8-20(11-12)18(21)15-10-17(24-19-15)14-9-13(22-2)6-7-16(14)23-3/h6-7,9-10,12H,4-5,8,11H2,1-3H3/t12-/m1/s1. The fourth-order valence-corrected chi connectivity index (χ4v) is 3.05. The zero-order chi connectivity index (χ0) is 17.1. The summed E-state index contributed by atoms with van der Waals surface area (Å²) in [4.78, 5) is 14.5. The van der Waals surface area contributed by atoms with E-state index < -0.39 is 0 Å². The van der Waals surface area contributed by atoms with E-state index in [0.29, 0.717) is 34.4 Å². The van der Waals surface area contributed by atoms with Crippen molar-refractivity contribution in [3.63, 3.8) is 0 Å². The first-order chi connectivity index (χ1) is 11.6. The summed E-state index contributed by atoms with van der Waals surface area (Å²) in [6.45, 7) is 3.70. The second-order valence-corrected chi connectivity index (χ2v) is 6.14. The second-order valence-electron chi connectivity index (χ2n) is 6.14. The molecule has 1 amide bonds. The molecule has 6 heteroatoms. The van der Waals surface area contributed by atoms with E-state index in [9.17, 15) is 4.79 Å². The maximum absolute atomic E-state index is 12.6. The van der Waals surface area contributed by atoms with Gasteiger partial charge >= 0.3 is 0 Å². The fraction of sp³-hybridized carbons (Fsp3) is 0.444. The Labute approximate surface area is 141 Å². The van der Waals surface area contributed by atoms with E-state index in [1.165, 1.54) is 0 Å². The molecule has 24 heavy (non-hydrogen) atoms. The summed E-state index contributed by atoms with van der Waals surface area (Å²) in [6, 6.07) is 7.07. The number of rotatable bonds is 4. The topological polar surface area (TPSA) is 64.8 Å². The van der Waals surface area contributed by atoms with Gasteiger partial charge in [0.2, 0.25) is 0 Å². The van der Waals surface area contributed by atoms with E-state index in [4.69, 9.17) is 14.0 Å². The van der Waals surface area contributed by atoms with E-state index in [0.717, 1.165) is 25.9 Å². The summed E-state index contributed by atoms with van der Waals surface area (Å²) in [7, 11) is 3.18. The summed E-state index contributed by atoms with van der Waals surface area (Å²) < 4.78 is 16.0. The van der Waals surface area contributed by atoms with Gasteiger partial charge in [0.05, 0.1) is 19.8 Å². The van der Waals surface area contributed by atoms with E-state index in [1.54, 1.807) is 38.5 Å². The molecule has 0 spiro atoms. The second kappa shape index (κ2) is 6.95. The minimum atomic E-state index is -0.0848. The third-order valence-electron chi connectivity index (χ3n) is 4.35. The van der Waals surface area contributed by atoms with E-state index in [1.807, 2.05) is 4.90 Å². The van der Waals surface area contributed by atoms with Gasteiger partial charge in [0.25, 0.3) is 5.91 Å². The molecule has 1 aliphatic heterocycles. The Morgan fingerprint density at radius 1 is 1.29 bits per heavy atom. The fourth-order valence-electron chi connectivity index (χ4n) is 3.05. The van der Waals surface area contributed by atoms with E-state index >= 15 is 0 Å². The number of ether oxygens (including phenoxy) is 2. The van der Waals surface area contributed by atoms with Crippen molar-refractivity contribution in [1.82, 2.24) is 10.1 Å². The summed E-state index contributed by atoms with van der Waals surface area (Å²) in [5.41, 5.74) is 1.03. The van der Waals surface area contributed by atoms with Gasteiger partial charge in [-0.3, -0.25) is 4.79 Å². The van der Waals surface area contributed by atoms with Gasteiger partial charge in [-0.1, -0.05) is 12.1 Å². The number of aromatic nitrogens is 1. The Kier molecular flexibility index (Phi) is 4.74. The summed E-state index contributed by atoms with van der Waals surface area (Å²) >= 11 is 0. The Morgan fingerprint density at radius 2 is 2.12 bits per heavy atom. The summed E-state index contributed by atoms with van der Waals surface area (Å²) in [6.07, 6.45) is 2.19. The van der Waals surface area contributed by atoms with Crippen LogP contribution in [0.25, 0.3) is 11.3 Å². The SMILES string of the molecule is COc1ccc(OC)c(-c2cc(C(=O)N3CCC[C@@H](C)C3)no2)c1. The summed E-state index contributed by atoms with van der Waals surface area (Å²) in [5.74, 6) is 2.24. The lowest BCUT2D eigenvalue weighted by Crippen LogP contribution is -2.39. The molecule has 6 nitrogen and oxygen atoms in total. The van der Waals surface area contributed by atoms with Gasteiger partial charge in [0.15, 0.2) is 11.5 Å². The number of methoxy groups -OCH3 is 2. The van der Waals surface area contributed by atoms with Crippen molar-refractivity contribution in [1.29, 1.82) is 0 Å². The minimum absolute atomic E-state index is 0.0848. The molecule has 2 heterocycles. The van der Waals surface area contributed by atoms with Crippen LogP contribution in [0.15, 0.2) is 28.8 Å². The molecular weight excluding hydrogens is 308 g/mol. The molecule has 0 radical (unpaired) electrons. The van der Waals surface area contributed by atoms with Gasteiger partial charge in [0, 0.05) is 19.2 Å². The first kappa shape index (κ1) is 16.4. The Bertz CT molecular complexity index is 726. The average molecular weight is 330 g/mol. The molecule has 1 atom stereocenters. The van der Waals surface area contributed by atoms with Crippen LogP contribution in [0.5, 0.6) is 11.5 Å². The van der Waals surface area contributed by atoms with Gasteiger partial charge in [-0.2, -0.15) is 0 Å². The first-order valence-electron chi connectivity index (χ1n) is 8.10. The van der Waals surface area contributed by atoms with Crippen molar-refractivity contribution in [2.45, 2.75) is 19.8 Å². The van der Waals surface area contributed by atoms with Crippen LogP contribution in [-0.4, -0.2) is 43.3 Å². The number of carbonyl (C=O) groups excluding carboxylic acids is 1. The Balaban J connectivity index is 1.86. The van der Waals surface area contributed by atoms with Crippen LogP contribution in [-0.2, 0) is 0 Å². The number of likely N-dealkylation sites (tertiary alicyclic amines) is 1. The Morgan fingerprint density at radius 3 is 2.83 bits per heavy atom. The zero-order valence-corrected chi connectivity index (χ0v) is 14.2. The number of hydrogen-bond donors (Lipinski definition) is 0. The van der Waals surface area contributed by atoms with Crippen LogP contribution in [0.1, 0.15) is 30.3 Å². The quantitative estimate of drug-likeness (QED) is 0.861. The van der Waals surface area contributed by atoms with Crippen molar-refractivity contribution in [2.75, 3.05) is 27.3 Å². The van der Waals surface area contributed by atoms with Crippen molar-refractivity contribution in [3.05, 3.63) is 30.0 Å². The van der Waals surface area contributed by atoms with Crippen molar-refractivity contribution in [2.24, 2.45) is 5.92 Å². The molecule has 0 unspecified atom stereocenters. The van der Waals surface area contributed by atoms with Gasteiger partial charge in [-0.05, 0) is 37.0 Å². The number of carbonyl (C=O) groups is 1. The van der Waals surface area contributed by atoms with Crippen LogP contribution in [0.3, 0.4) is 0 Å². The predicted octanol–water partition coefficient (Wildman–Crippen LogP) is 3.23. The minimum Gasteiger partial charge on any atom is -0.497 e. The first-order valence-corrected chi connectivity index (χ1v) is 8.10. The van der Waals surface area contributed by atoms with Crippen LogP contribution in [0, 0.1) is 5.92 Å². The highest BCUT2D eigenvalue weighted by Gasteiger charge is 2.25. The molecule has 0 N–H and O–H groups in total. The maximum Gasteiger partial charge on any atom is 0.276 e. The number of piperidine rings is 1. The van der Waals surface area contributed by atoms with Crippen LogP contribution in [0.4, 0.5) is 0 Å². The lowest BCUT2D eigenvalue weighted by Gasteiger charge is -2.30. The zero-order valence-electron chi connectivity index (χ0n) is 14.2. The third-order valence-corrected chi connectivity index (χ3v) is 4.35. The molecule has 1 saturated heterocycles.